The Kier molecular flexibility index (Phi) is 2.50. The Bertz CT molecular complexity index is 78.9. The molecule has 0 bridgehead atoms. The fraction of sp³-hybridized carbons (Fsp3) is 1.00. The van der Waals surface area contributed by atoms with Gasteiger partial charge in [0.1, 0.15) is 4.88 Å². The van der Waals surface area contributed by atoms with E-state index in [2.05, 4.69) is 16.0 Å². The minimum Gasteiger partial charge on any atom is -0.301 e. The van der Waals surface area contributed by atoms with E-state index >= 15 is 0 Å². The van der Waals surface area contributed by atoms with Gasteiger partial charge in [0.2, 0.25) is 0 Å². The Hall–Kier alpha value is -0.500. The fourth-order valence-electron chi connectivity index (χ4n) is 0.0727. The highest BCUT2D eigenvalue weighted by molar-refractivity contribution is 7.41. The van der Waals surface area contributed by atoms with E-state index in [9.17, 15) is 4.57 Å². The first-order valence-electron chi connectivity index (χ1n) is 1.29. The van der Waals surface area contributed by atoms with Gasteiger partial charge < -0.3 is 5.84 Å². The predicted molar refractivity (Wildman–Crippen MR) is 22.6 cm³/mol. The fourth-order valence-corrected chi connectivity index (χ4v) is 0.218. The van der Waals surface area contributed by atoms with Crippen LogP contribution >= 0.6 is 7.95 Å². The summed E-state index contributed by atoms with van der Waals surface area (Å²) >= 11 is 0. The van der Waals surface area contributed by atoms with E-state index in [1.807, 2.05) is 0 Å². The molecule has 34 valence electrons. The molecule has 1 atom stereocenters. The molecule has 0 aromatic heterocycles. The van der Waals surface area contributed by atoms with Crippen LogP contribution in [0.5, 0.6) is 0 Å². The van der Waals surface area contributed by atoms with E-state index in [-0.39, 0.29) is 0 Å². The summed E-state index contributed by atoms with van der Waals surface area (Å²) in [6.45, 7) is 1.42. The third-order valence-corrected chi connectivity index (χ3v) is 0.533. The van der Waals surface area contributed by atoms with Gasteiger partial charge in [-0.3, -0.25) is 0 Å². The molecule has 1 unspecified atom stereocenters. The lowest BCUT2D eigenvalue weighted by molar-refractivity contribution is 0.590. The van der Waals surface area contributed by atoms with Crippen molar-refractivity contribution in [3.8, 4) is 0 Å². The van der Waals surface area contributed by atoms with Crippen LogP contribution in [0.3, 0.4) is 0 Å². The van der Waals surface area contributed by atoms with Crippen molar-refractivity contribution >= 4 is 7.95 Å². The summed E-state index contributed by atoms with van der Waals surface area (Å²) in [6.07, 6.45) is 0. The highest BCUT2D eigenvalue weighted by Gasteiger charge is 1.96. The van der Waals surface area contributed by atoms with Crippen molar-refractivity contribution < 1.29 is 4.57 Å². The highest BCUT2D eigenvalue weighted by atomic mass is 31.1. The number of nitrogens with two attached hydrogens (primary N) is 1. The quantitative estimate of drug-likeness (QED) is 0.231. The van der Waals surface area contributed by atoms with E-state index in [4.69, 9.17) is 0 Å². The summed E-state index contributed by atoms with van der Waals surface area (Å²) < 4.78 is 9.85. The molecule has 0 amide bonds. The molecule has 0 heterocycles. The van der Waals surface area contributed by atoms with Gasteiger partial charge in [-0.25, -0.2) is 0 Å². The summed E-state index contributed by atoms with van der Waals surface area (Å²) in [5.74, 6) is 4.50. The second-order valence-electron chi connectivity index (χ2n) is 0.669. The molecular formula is CH5N3OP+. The molecule has 4 nitrogen and oxygen atoms in total. The zero-order valence-corrected chi connectivity index (χ0v) is 4.22. The minimum absolute atomic E-state index is 1.42. The standard InChI is InChI=1S/CH5N3OP/c1-6(5)4-3-2/h1H3,(H2,2,4,5)/q+1. The van der Waals surface area contributed by atoms with Gasteiger partial charge in [0.25, 0.3) is 0 Å². The van der Waals surface area contributed by atoms with Crippen molar-refractivity contribution in [3.05, 3.63) is 0 Å². The van der Waals surface area contributed by atoms with Gasteiger partial charge in [0, 0.05) is 0 Å². The second kappa shape index (κ2) is 2.72. The molecule has 0 rings (SSSR count). The van der Waals surface area contributed by atoms with E-state index in [0.29, 0.717) is 0 Å². The minimum atomic E-state index is -1.52. The Morgan fingerprint density at radius 3 is 2.33 bits per heavy atom. The van der Waals surface area contributed by atoms with Crippen LogP contribution in [0.2, 0.25) is 0 Å². The van der Waals surface area contributed by atoms with Gasteiger partial charge in [-0.15, -0.1) is 0 Å². The summed E-state index contributed by atoms with van der Waals surface area (Å²) in [4.78, 5) is 3.04. The molecule has 2 N–H and O–H groups in total. The Morgan fingerprint density at radius 1 is 1.83 bits per heavy atom. The first-order chi connectivity index (χ1) is 2.77. The number of nitrogens with zero attached hydrogens (tertiary/aromatic N) is 2. The van der Waals surface area contributed by atoms with E-state index < -0.39 is 7.95 Å². The van der Waals surface area contributed by atoms with Crippen LogP contribution in [0, 0.1) is 0 Å². The van der Waals surface area contributed by atoms with Crippen molar-refractivity contribution in [2.75, 3.05) is 6.66 Å². The van der Waals surface area contributed by atoms with Crippen LogP contribution < -0.4 is 5.84 Å². The molecule has 0 radical (unpaired) electrons. The normalized spacial score (nSPS) is 12.5. The topological polar surface area (TPSA) is 67.8 Å². The zero-order chi connectivity index (χ0) is 4.99. The van der Waals surface area contributed by atoms with E-state index in [1.54, 1.807) is 0 Å². The lowest BCUT2D eigenvalue weighted by Crippen LogP contribution is -1.70. The summed E-state index contributed by atoms with van der Waals surface area (Å²) in [5.41, 5.74) is 0. The van der Waals surface area contributed by atoms with Gasteiger partial charge in [-0.05, 0) is 9.79 Å². The predicted octanol–water partition coefficient (Wildman–Crippen LogP) is 0.684. The van der Waals surface area contributed by atoms with Crippen molar-refractivity contribution in [1.29, 1.82) is 0 Å². The van der Waals surface area contributed by atoms with Gasteiger partial charge in [-0.1, -0.05) is 0 Å². The maximum atomic E-state index is 9.85. The summed E-state index contributed by atoms with van der Waals surface area (Å²) in [6, 6.07) is 0. The van der Waals surface area contributed by atoms with Gasteiger partial charge in [0.15, 0.2) is 6.66 Å². The van der Waals surface area contributed by atoms with E-state index in [0.717, 1.165) is 0 Å². The highest BCUT2D eigenvalue weighted by Crippen LogP contribution is 2.13. The second-order valence-corrected chi connectivity index (χ2v) is 1.78. The Balaban J connectivity index is 3.30. The van der Waals surface area contributed by atoms with Crippen LogP contribution in [0.1, 0.15) is 0 Å². The largest absolute Gasteiger partial charge is 0.503 e. The van der Waals surface area contributed by atoms with Crippen molar-refractivity contribution in [1.82, 2.24) is 0 Å². The third kappa shape index (κ3) is 3.50. The van der Waals surface area contributed by atoms with Crippen LogP contribution in [0.15, 0.2) is 10.1 Å². The molecule has 0 aliphatic heterocycles. The third-order valence-electron chi connectivity index (χ3n) is 0.178. The Morgan fingerprint density at radius 2 is 2.33 bits per heavy atom. The molecule has 0 aliphatic carbocycles. The van der Waals surface area contributed by atoms with Crippen LogP contribution in [0.25, 0.3) is 0 Å². The van der Waals surface area contributed by atoms with Crippen LogP contribution in [-0.2, 0) is 4.57 Å². The SMILES string of the molecule is C[P+](=O)N=NN. The van der Waals surface area contributed by atoms with E-state index in [1.165, 1.54) is 6.66 Å². The molecule has 0 aliphatic rings. The molecule has 0 aromatic carbocycles. The number of rotatable bonds is 1. The number of hydrogen-bond donors (Lipinski definition) is 1. The van der Waals surface area contributed by atoms with Crippen molar-refractivity contribution in [2.24, 2.45) is 16.0 Å². The van der Waals surface area contributed by atoms with Crippen LogP contribution in [-0.4, -0.2) is 6.66 Å². The molecular weight excluding hydrogens is 101 g/mol. The molecule has 6 heavy (non-hydrogen) atoms. The lowest BCUT2D eigenvalue weighted by atomic mass is 12.0. The smallest absolute Gasteiger partial charge is 0.301 e. The average Bonchev–Trinajstić information content (AvgIpc) is 1.35. The molecule has 5 heteroatoms. The first kappa shape index (κ1) is 5.50. The van der Waals surface area contributed by atoms with Crippen molar-refractivity contribution in [2.45, 2.75) is 0 Å². The summed E-state index contributed by atoms with van der Waals surface area (Å²) in [5, 5.41) is 2.78. The number of hydrogen-bond acceptors (Lipinski definition) is 2. The molecule has 0 spiro atoms. The van der Waals surface area contributed by atoms with Gasteiger partial charge in [-0.2, -0.15) is 0 Å². The van der Waals surface area contributed by atoms with Gasteiger partial charge in [0.05, 0.1) is 0 Å². The average molecular weight is 106 g/mol. The molecule has 0 saturated carbocycles. The molecule has 0 fully saturated rings. The molecule has 0 aromatic rings. The maximum Gasteiger partial charge on any atom is 0.503 e. The van der Waals surface area contributed by atoms with Crippen molar-refractivity contribution in [3.63, 3.8) is 0 Å². The van der Waals surface area contributed by atoms with Gasteiger partial charge >= 0.3 is 7.95 Å². The first-order valence-corrected chi connectivity index (χ1v) is 2.95. The summed E-state index contributed by atoms with van der Waals surface area (Å²) in [7, 11) is -1.52. The van der Waals surface area contributed by atoms with Crippen LogP contribution in [0.4, 0.5) is 0 Å². The monoisotopic (exact) mass is 106 g/mol. The Labute approximate surface area is 36.3 Å². The maximum absolute atomic E-state index is 9.85. The zero-order valence-electron chi connectivity index (χ0n) is 3.33. The lowest BCUT2D eigenvalue weighted by Gasteiger charge is -1.53. The molecule has 0 saturated heterocycles.